The van der Waals surface area contributed by atoms with Gasteiger partial charge in [-0.2, -0.15) is 5.10 Å². The summed E-state index contributed by atoms with van der Waals surface area (Å²) in [5.41, 5.74) is 3.00. The molecular formula is C11H9ClN2O. The molecule has 0 saturated heterocycles. The smallest absolute Gasteiger partial charge is 0.155 e. The summed E-state index contributed by atoms with van der Waals surface area (Å²) in [7, 11) is 0. The second-order valence-corrected chi connectivity index (χ2v) is 3.67. The van der Waals surface area contributed by atoms with Gasteiger partial charge >= 0.3 is 0 Å². The summed E-state index contributed by atoms with van der Waals surface area (Å²) >= 11 is 5.79. The van der Waals surface area contributed by atoms with Crippen molar-refractivity contribution in [2.45, 2.75) is 6.92 Å². The van der Waals surface area contributed by atoms with E-state index in [9.17, 15) is 4.79 Å². The van der Waals surface area contributed by atoms with E-state index < -0.39 is 0 Å². The fourth-order valence-corrected chi connectivity index (χ4v) is 1.63. The molecule has 1 heterocycles. The topological polar surface area (TPSA) is 45.8 Å². The molecule has 76 valence electrons. The average Bonchev–Trinajstić information content (AvgIpc) is 2.59. The first kappa shape index (κ1) is 9.93. The van der Waals surface area contributed by atoms with Crippen LogP contribution in [0.5, 0.6) is 0 Å². The Labute approximate surface area is 92.1 Å². The van der Waals surface area contributed by atoms with E-state index in [1.54, 1.807) is 0 Å². The molecule has 3 nitrogen and oxygen atoms in total. The monoisotopic (exact) mass is 220 g/mol. The Balaban J connectivity index is 2.58. The lowest BCUT2D eigenvalue weighted by molar-refractivity contribution is 0.112. The van der Waals surface area contributed by atoms with Crippen molar-refractivity contribution < 1.29 is 4.79 Å². The molecule has 0 spiro atoms. The van der Waals surface area contributed by atoms with Crippen molar-refractivity contribution in [3.8, 4) is 11.3 Å². The number of carbonyl (C=O) groups excluding carboxylic acids is 1. The van der Waals surface area contributed by atoms with E-state index in [2.05, 4.69) is 10.2 Å². The molecule has 0 fully saturated rings. The van der Waals surface area contributed by atoms with E-state index >= 15 is 0 Å². The van der Waals surface area contributed by atoms with Crippen LogP contribution in [0, 0.1) is 6.92 Å². The van der Waals surface area contributed by atoms with Crippen LogP contribution in [0.1, 0.15) is 15.9 Å². The third-order valence-corrected chi connectivity index (χ3v) is 2.45. The highest BCUT2D eigenvalue weighted by atomic mass is 35.5. The number of hydrogen-bond donors (Lipinski definition) is 1. The van der Waals surface area contributed by atoms with Gasteiger partial charge in [0.25, 0.3) is 0 Å². The molecule has 4 heteroatoms. The summed E-state index contributed by atoms with van der Waals surface area (Å²) in [5.74, 6) is 0. The summed E-state index contributed by atoms with van der Waals surface area (Å²) in [6.45, 7) is 1.98. The first-order chi connectivity index (χ1) is 7.22. The van der Waals surface area contributed by atoms with Gasteiger partial charge in [-0.15, -0.1) is 0 Å². The molecule has 0 atom stereocenters. The van der Waals surface area contributed by atoms with E-state index in [4.69, 9.17) is 11.6 Å². The Morgan fingerprint density at radius 1 is 1.47 bits per heavy atom. The second-order valence-electron chi connectivity index (χ2n) is 3.29. The Morgan fingerprint density at radius 2 is 2.27 bits per heavy atom. The number of carbonyl (C=O) groups is 1. The first-order valence-corrected chi connectivity index (χ1v) is 4.86. The third-order valence-electron chi connectivity index (χ3n) is 2.17. The molecule has 2 aromatic rings. The number of halogens is 1. The quantitative estimate of drug-likeness (QED) is 0.791. The standard InChI is InChI=1S/C11H9ClN2O/c1-7-3-2-4-8(5-7)10-9(6-15)11(12)14-13-10/h2-6H,1H3,(H,13,14). The van der Waals surface area contributed by atoms with E-state index in [1.807, 2.05) is 31.2 Å². The largest absolute Gasteiger partial charge is 0.298 e. The van der Waals surface area contributed by atoms with Gasteiger partial charge in [-0.1, -0.05) is 35.4 Å². The molecule has 0 unspecified atom stereocenters. The van der Waals surface area contributed by atoms with Gasteiger partial charge in [-0.05, 0) is 13.0 Å². The summed E-state index contributed by atoms with van der Waals surface area (Å²) in [6, 6.07) is 7.76. The van der Waals surface area contributed by atoms with Gasteiger partial charge in [-0.25, -0.2) is 0 Å². The number of aromatic nitrogens is 2. The molecule has 0 saturated carbocycles. The zero-order valence-electron chi connectivity index (χ0n) is 8.12. The van der Waals surface area contributed by atoms with Gasteiger partial charge in [0, 0.05) is 5.56 Å². The third kappa shape index (κ3) is 1.78. The minimum atomic E-state index is 0.279. The fourth-order valence-electron chi connectivity index (χ4n) is 1.45. The van der Waals surface area contributed by atoms with Crippen LogP contribution in [0.3, 0.4) is 0 Å². The van der Waals surface area contributed by atoms with Crippen LogP contribution in [-0.4, -0.2) is 16.5 Å². The molecule has 2 rings (SSSR count). The van der Waals surface area contributed by atoms with E-state index in [1.165, 1.54) is 0 Å². The Morgan fingerprint density at radius 3 is 2.93 bits per heavy atom. The van der Waals surface area contributed by atoms with Gasteiger partial charge < -0.3 is 0 Å². The van der Waals surface area contributed by atoms with Gasteiger partial charge in [0.05, 0.1) is 5.56 Å². The van der Waals surface area contributed by atoms with Gasteiger partial charge in [0.1, 0.15) is 10.8 Å². The van der Waals surface area contributed by atoms with Crippen LogP contribution in [0.4, 0.5) is 0 Å². The predicted octanol–water partition coefficient (Wildman–Crippen LogP) is 2.85. The number of aryl methyl sites for hydroxylation is 1. The first-order valence-electron chi connectivity index (χ1n) is 4.48. The van der Waals surface area contributed by atoms with E-state index in [-0.39, 0.29) is 5.15 Å². The van der Waals surface area contributed by atoms with Gasteiger partial charge in [-0.3, -0.25) is 9.89 Å². The molecule has 0 aliphatic carbocycles. The Hall–Kier alpha value is -1.61. The molecule has 0 aliphatic rings. The van der Waals surface area contributed by atoms with Crippen LogP contribution in [0.2, 0.25) is 5.15 Å². The van der Waals surface area contributed by atoms with Crippen molar-refractivity contribution in [2.24, 2.45) is 0 Å². The molecule has 1 aromatic carbocycles. The Bertz CT molecular complexity index is 505. The molecule has 0 bridgehead atoms. The highest BCUT2D eigenvalue weighted by molar-refractivity contribution is 6.32. The van der Waals surface area contributed by atoms with Crippen LogP contribution in [0.25, 0.3) is 11.3 Å². The number of rotatable bonds is 2. The highest BCUT2D eigenvalue weighted by Gasteiger charge is 2.12. The molecular weight excluding hydrogens is 212 g/mol. The number of nitrogens with one attached hydrogen (secondary N) is 1. The number of aromatic amines is 1. The van der Waals surface area contributed by atoms with Crippen molar-refractivity contribution in [3.05, 3.63) is 40.5 Å². The molecule has 15 heavy (non-hydrogen) atoms. The highest BCUT2D eigenvalue weighted by Crippen LogP contribution is 2.25. The molecule has 1 N–H and O–H groups in total. The fraction of sp³-hybridized carbons (Fsp3) is 0.0909. The maximum atomic E-state index is 10.8. The summed E-state index contributed by atoms with van der Waals surface area (Å²) in [6.07, 6.45) is 0.712. The summed E-state index contributed by atoms with van der Waals surface area (Å²) < 4.78 is 0. The van der Waals surface area contributed by atoms with Crippen LogP contribution in [0.15, 0.2) is 24.3 Å². The van der Waals surface area contributed by atoms with Gasteiger partial charge in [0.15, 0.2) is 6.29 Å². The molecule has 1 aromatic heterocycles. The number of benzene rings is 1. The molecule has 0 aliphatic heterocycles. The lowest BCUT2D eigenvalue weighted by Gasteiger charge is -1.98. The van der Waals surface area contributed by atoms with Crippen molar-refractivity contribution in [2.75, 3.05) is 0 Å². The van der Waals surface area contributed by atoms with Crippen LogP contribution >= 0.6 is 11.6 Å². The minimum Gasteiger partial charge on any atom is -0.298 e. The van der Waals surface area contributed by atoms with Crippen molar-refractivity contribution in [3.63, 3.8) is 0 Å². The lowest BCUT2D eigenvalue weighted by Crippen LogP contribution is -1.85. The minimum absolute atomic E-state index is 0.279. The van der Waals surface area contributed by atoms with E-state index in [0.29, 0.717) is 17.5 Å². The Kier molecular flexibility index (Phi) is 2.56. The van der Waals surface area contributed by atoms with Crippen molar-refractivity contribution >= 4 is 17.9 Å². The van der Waals surface area contributed by atoms with Crippen molar-refractivity contribution in [1.82, 2.24) is 10.2 Å². The number of hydrogen-bond acceptors (Lipinski definition) is 2. The molecule has 0 radical (unpaired) electrons. The van der Waals surface area contributed by atoms with E-state index in [0.717, 1.165) is 11.1 Å². The summed E-state index contributed by atoms with van der Waals surface area (Å²) in [5, 5.41) is 6.88. The lowest BCUT2D eigenvalue weighted by atomic mass is 10.1. The maximum absolute atomic E-state index is 10.8. The summed E-state index contributed by atoms with van der Waals surface area (Å²) in [4.78, 5) is 10.8. The normalized spacial score (nSPS) is 10.3. The predicted molar refractivity (Wildman–Crippen MR) is 59.2 cm³/mol. The molecule has 0 amide bonds. The van der Waals surface area contributed by atoms with Crippen LogP contribution in [-0.2, 0) is 0 Å². The second kappa shape index (κ2) is 3.87. The number of aldehydes is 1. The van der Waals surface area contributed by atoms with Crippen LogP contribution < -0.4 is 0 Å². The zero-order valence-corrected chi connectivity index (χ0v) is 8.88. The SMILES string of the molecule is Cc1cccc(-c2n[nH]c(Cl)c2C=O)c1. The average molecular weight is 221 g/mol. The zero-order chi connectivity index (χ0) is 10.8. The number of H-pyrrole nitrogens is 1. The maximum Gasteiger partial charge on any atom is 0.155 e. The van der Waals surface area contributed by atoms with Crippen molar-refractivity contribution in [1.29, 1.82) is 0 Å². The van der Waals surface area contributed by atoms with Gasteiger partial charge in [0.2, 0.25) is 0 Å². The number of nitrogens with zero attached hydrogens (tertiary/aromatic N) is 1.